The number of hydrogen-bond donors (Lipinski definition) is 0. The minimum atomic E-state index is 0. The van der Waals surface area contributed by atoms with Gasteiger partial charge in [-0.25, -0.2) is 0 Å². The Morgan fingerprint density at radius 1 is 0.551 bits per heavy atom. The van der Waals surface area contributed by atoms with Crippen molar-refractivity contribution in [3.05, 3.63) is 305 Å². The molecule has 0 fully saturated rings. The summed E-state index contributed by atoms with van der Waals surface area (Å²) in [5, 5.41) is 7.06. The maximum atomic E-state index is 4.25. The summed E-state index contributed by atoms with van der Waals surface area (Å²) in [6, 6.07) is 82.1. The van der Waals surface area contributed by atoms with Crippen molar-refractivity contribution >= 4 is 50.6 Å². The Kier molecular flexibility index (Phi) is 20.1. The molecule has 78 heavy (non-hydrogen) atoms. The molecule has 3 aliphatic rings. The Bertz CT molecular complexity index is 3760. The molecule has 9 aromatic carbocycles. The van der Waals surface area contributed by atoms with Crippen molar-refractivity contribution in [3.8, 4) is 11.3 Å². The van der Waals surface area contributed by atoms with Crippen LogP contribution in [0.25, 0.3) is 44.5 Å². The first-order valence-corrected chi connectivity index (χ1v) is 26.2. The minimum absolute atomic E-state index is 0. The predicted molar refractivity (Wildman–Crippen MR) is 322 cm³/mol. The molecule has 0 spiro atoms. The molecule has 0 N–H and O–H groups in total. The van der Waals surface area contributed by atoms with E-state index in [4.69, 9.17) is 0 Å². The normalized spacial score (nSPS) is 11.8. The largest absolute Gasteiger partial charge is 0.687 e. The van der Waals surface area contributed by atoms with Crippen LogP contribution in [0.4, 0.5) is 22.7 Å². The van der Waals surface area contributed by atoms with Gasteiger partial charge in [-0.2, -0.15) is 78.7 Å². The molecule has 2 radical (unpaired) electrons. The summed E-state index contributed by atoms with van der Waals surface area (Å²) in [7, 11) is 10.3. The number of rotatable bonds is 5. The van der Waals surface area contributed by atoms with Crippen LogP contribution in [0.3, 0.4) is 0 Å². The van der Waals surface area contributed by atoms with Crippen molar-refractivity contribution in [2.75, 3.05) is 30.9 Å². The van der Waals surface area contributed by atoms with Gasteiger partial charge in [0.25, 0.3) is 0 Å². The molecule has 0 saturated heterocycles. The van der Waals surface area contributed by atoms with Gasteiger partial charge in [-0.1, -0.05) is 163 Å². The molecule has 0 unspecified atom stereocenters. The summed E-state index contributed by atoms with van der Waals surface area (Å²) >= 11 is 0. The fourth-order valence-electron chi connectivity index (χ4n) is 10.9. The molecule has 2 aromatic heterocycles. The van der Waals surface area contributed by atoms with E-state index in [1.54, 1.807) is 0 Å². The van der Waals surface area contributed by atoms with Crippen molar-refractivity contribution < 1.29 is 65.4 Å². The fraction of sp³-hybridized carbons (Fsp3) is 0.141. The van der Waals surface area contributed by atoms with E-state index >= 15 is 0 Å². The Balaban J connectivity index is 0.000000128. The number of fused-ring (bicyclic) bond motifs is 10. The summed E-state index contributed by atoms with van der Waals surface area (Å²) in [6.45, 7) is 5.02. The standard InChI is InChI=1S/C16H13N.C15H15N.2C14H13N.C12H11N.2Y/c1-17-15-9-5-4-8-13(15)14-10-11-6-2-3-7-12(11)16(14)17;1-16-11-14-8-3-2-6-12(14)10-13-7-4-5-9-15(13)16;1-12-8-6-7-11-14(12)15(2)13-9-4-3-5-10-13;1-15-14-10-6-5-9-13(14)11-12-7-3-2-4-8-12;1-13-11-7-3-2-5-9(11)10-6-4-8-12(10)13;;/h2-9H,10H2,1H3;2-9H,10-11H2,1H3;3-9,11H,1H2,2H3;2-7,9-10H,11H2,1H3;2-5,7-8H,6H2,1H3;;/q;;2*-2;;;. The predicted octanol–water partition coefficient (Wildman–Crippen LogP) is 16.9. The van der Waals surface area contributed by atoms with Gasteiger partial charge < -0.3 is 24.3 Å². The van der Waals surface area contributed by atoms with Crippen LogP contribution in [-0.4, -0.2) is 30.3 Å². The van der Waals surface area contributed by atoms with Crippen LogP contribution in [0.15, 0.2) is 224 Å². The number of allylic oxidation sites excluding steroid dienone is 1. The monoisotopic (exact) mass is 1170 g/mol. The van der Waals surface area contributed by atoms with Gasteiger partial charge in [-0.15, -0.1) is 24.9 Å². The molecule has 5 nitrogen and oxygen atoms in total. The summed E-state index contributed by atoms with van der Waals surface area (Å²) in [5.74, 6) is 0. The van der Waals surface area contributed by atoms with E-state index in [-0.39, 0.29) is 65.4 Å². The van der Waals surface area contributed by atoms with E-state index < -0.39 is 0 Å². The molecule has 2 aliphatic carbocycles. The van der Waals surface area contributed by atoms with E-state index in [1.165, 1.54) is 89.0 Å². The summed E-state index contributed by atoms with van der Waals surface area (Å²) in [4.78, 5) is 4.42. The maximum Gasteiger partial charge on any atom is 0.0527 e. The molecule has 3 heterocycles. The molecule has 384 valence electrons. The number of aromatic nitrogens is 2. The zero-order valence-corrected chi connectivity index (χ0v) is 51.2. The number of anilines is 3. The number of para-hydroxylation sites is 6. The molecular formula is C71H65N5Y2-4. The van der Waals surface area contributed by atoms with Crippen molar-refractivity contribution in [1.82, 2.24) is 9.13 Å². The first kappa shape index (κ1) is 57.5. The fourth-order valence-corrected chi connectivity index (χ4v) is 10.9. The first-order chi connectivity index (χ1) is 37.3. The topological polar surface area (TPSA) is 30.4 Å². The van der Waals surface area contributed by atoms with E-state index in [0.29, 0.717) is 0 Å². The van der Waals surface area contributed by atoms with E-state index in [9.17, 15) is 0 Å². The third kappa shape index (κ3) is 12.9. The Hall–Kier alpha value is -6.72. The summed E-state index contributed by atoms with van der Waals surface area (Å²) < 4.78 is 4.60. The smallest absolute Gasteiger partial charge is 0.0527 e. The maximum absolute atomic E-state index is 4.25. The van der Waals surface area contributed by atoms with Gasteiger partial charge in [0.15, 0.2) is 0 Å². The van der Waals surface area contributed by atoms with Gasteiger partial charge in [-0.05, 0) is 84.0 Å². The first-order valence-electron chi connectivity index (χ1n) is 26.2. The molecule has 7 heteroatoms. The molecule has 0 bridgehead atoms. The zero-order valence-electron chi connectivity index (χ0n) is 45.6. The van der Waals surface area contributed by atoms with E-state index in [0.717, 1.165) is 54.9 Å². The van der Waals surface area contributed by atoms with Crippen LogP contribution in [0.1, 0.15) is 55.8 Å². The second-order valence-electron chi connectivity index (χ2n) is 19.6. The third-order valence-corrected chi connectivity index (χ3v) is 14.8. The molecular weight excluding hydrogens is 1100 g/mol. The van der Waals surface area contributed by atoms with Crippen LogP contribution in [0.5, 0.6) is 0 Å². The molecule has 11 aromatic rings. The molecule has 0 atom stereocenters. The van der Waals surface area contributed by atoms with Crippen LogP contribution in [0.2, 0.25) is 0 Å². The molecule has 0 saturated carbocycles. The second-order valence-corrected chi connectivity index (χ2v) is 19.6. The minimum Gasteiger partial charge on any atom is -0.687 e. The quantitative estimate of drug-likeness (QED) is 0.161. The van der Waals surface area contributed by atoms with Crippen molar-refractivity contribution in [2.45, 2.75) is 32.2 Å². The number of aryl methyl sites for hydroxylation is 2. The Morgan fingerprint density at radius 3 is 1.86 bits per heavy atom. The van der Waals surface area contributed by atoms with Crippen molar-refractivity contribution in [2.24, 2.45) is 14.1 Å². The summed E-state index contributed by atoms with van der Waals surface area (Å²) in [5.41, 5.74) is 23.7. The van der Waals surface area contributed by atoms with Gasteiger partial charge in [0.05, 0.1) is 5.69 Å². The SMILES string of the molecule is CN1Cc2ccccc2Cc2ccccc21.C[N-]c1ccccc1Cc1[c-]cccc1.Cn1c2c(c3ccccc31)CC=C2.Cn1c2c(c3ccccc31)Cc1ccccc1-2.[CH2-]c1ccccc1N(C)c1[c-]cccc1.[Y].[Y]. The Morgan fingerprint density at radius 2 is 1.14 bits per heavy atom. The average Bonchev–Trinajstić information content (AvgIpc) is 4.42. The van der Waals surface area contributed by atoms with Gasteiger partial charge in [0, 0.05) is 138 Å². The van der Waals surface area contributed by atoms with Gasteiger partial charge in [0.1, 0.15) is 0 Å². The van der Waals surface area contributed by atoms with Gasteiger partial charge in [0.2, 0.25) is 0 Å². The molecule has 14 rings (SSSR count). The van der Waals surface area contributed by atoms with Crippen LogP contribution in [-0.2, 0) is 112 Å². The van der Waals surface area contributed by atoms with Gasteiger partial charge >= 0.3 is 0 Å². The van der Waals surface area contributed by atoms with Crippen LogP contribution < -0.4 is 9.80 Å². The van der Waals surface area contributed by atoms with Gasteiger partial charge in [-0.3, -0.25) is 0 Å². The van der Waals surface area contributed by atoms with Crippen LogP contribution >= 0.6 is 0 Å². The number of benzene rings is 9. The van der Waals surface area contributed by atoms with Crippen molar-refractivity contribution in [1.29, 1.82) is 0 Å². The van der Waals surface area contributed by atoms with E-state index in [1.807, 2.05) is 93.0 Å². The molecule has 1 aliphatic heterocycles. The van der Waals surface area contributed by atoms with Crippen molar-refractivity contribution in [3.63, 3.8) is 0 Å². The molecule has 0 amide bonds. The average molecular weight is 1170 g/mol. The van der Waals surface area contributed by atoms with E-state index in [2.05, 4.69) is 216 Å². The number of nitrogens with zero attached hydrogens (tertiary/aromatic N) is 5. The van der Waals surface area contributed by atoms with Crippen LogP contribution in [0, 0.1) is 19.1 Å². The third-order valence-electron chi connectivity index (χ3n) is 14.8. The second kappa shape index (κ2) is 27.2. The zero-order chi connectivity index (χ0) is 52.4. The summed E-state index contributed by atoms with van der Waals surface area (Å²) in [6.07, 6.45) is 8.57. The Labute approximate surface area is 513 Å². The number of hydrogen-bond acceptors (Lipinski definition) is 2.